The first-order valence-corrected chi connectivity index (χ1v) is 8.47. The molecule has 0 N–H and O–H groups in total. The van der Waals surface area contributed by atoms with Gasteiger partial charge in [-0.15, -0.1) is 0 Å². The minimum atomic E-state index is 0.462. The molecule has 1 aromatic heterocycles. The van der Waals surface area contributed by atoms with E-state index in [2.05, 4.69) is 22.3 Å². The van der Waals surface area contributed by atoms with Gasteiger partial charge in [0.05, 0.1) is 24.4 Å². The topological polar surface area (TPSA) is 54.1 Å². The second kappa shape index (κ2) is 7.61. The quantitative estimate of drug-likeness (QED) is 0.819. The van der Waals surface area contributed by atoms with Crippen molar-refractivity contribution in [1.82, 2.24) is 14.7 Å². The fourth-order valence-electron chi connectivity index (χ4n) is 3.48. The molecule has 0 radical (unpaired) electrons. The lowest BCUT2D eigenvalue weighted by atomic mass is 9.92. The fraction of sp³-hybridized carbons (Fsp3) is 0.474. The summed E-state index contributed by atoms with van der Waals surface area (Å²) in [6.45, 7) is 6.54. The van der Waals surface area contributed by atoms with Crippen molar-refractivity contribution in [3.05, 3.63) is 53.3 Å². The Bertz CT molecular complexity index is 701. The van der Waals surface area contributed by atoms with Gasteiger partial charge in [0.25, 0.3) is 0 Å². The number of benzene rings is 1. The number of aryl methyl sites for hydroxylation is 1. The first kappa shape index (κ1) is 16.7. The molecule has 1 aliphatic heterocycles. The van der Waals surface area contributed by atoms with E-state index >= 15 is 0 Å². The Labute approximate surface area is 143 Å². The van der Waals surface area contributed by atoms with E-state index in [0.29, 0.717) is 17.4 Å². The molecule has 5 nitrogen and oxygen atoms in total. The standard InChI is InChI=1S/C19H24N4O/c1-3-24-14-18-12-23(10-16-6-4-15(8-20)5-7-16)13-19(18)17-9-21-22(2)11-17/h4-7,9,11,18-19H,3,10,12-14H2,1-2H3/t18-,19-/m0/s1. The molecule has 2 heterocycles. The van der Waals surface area contributed by atoms with Gasteiger partial charge in [0.15, 0.2) is 0 Å². The van der Waals surface area contributed by atoms with Gasteiger partial charge in [-0.3, -0.25) is 9.58 Å². The van der Waals surface area contributed by atoms with Crippen LogP contribution >= 0.6 is 0 Å². The van der Waals surface area contributed by atoms with Gasteiger partial charge in [0.2, 0.25) is 0 Å². The van der Waals surface area contributed by atoms with Crippen molar-refractivity contribution in [2.75, 3.05) is 26.3 Å². The molecule has 0 amide bonds. The molecule has 5 heteroatoms. The van der Waals surface area contributed by atoms with Gasteiger partial charge in [0.1, 0.15) is 0 Å². The van der Waals surface area contributed by atoms with Crippen molar-refractivity contribution in [2.24, 2.45) is 13.0 Å². The smallest absolute Gasteiger partial charge is 0.0991 e. The Morgan fingerprint density at radius 1 is 1.29 bits per heavy atom. The molecule has 0 saturated carbocycles. The zero-order valence-corrected chi connectivity index (χ0v) is 14.4. The van der Waals surface area contributed by atoms with E-state index in [1.54, 1.807) is 0 Å². The van der Waals surface area contributed by atoms with E-state index in [1.165, 1.54) is 11.1 Å². The van der Waals surface area contributed by atoms with E-state index in [9.17, 15) is 0 Å². The van der Waals surface area contributed by atoms with Crippen LogP contribution in [0, 0.1) is 17.2 Å². The highest BCUT2D eigenvalue weighted by Crippen LogP contribution is 2.33. The van der Waals surface area contributed by atoms with Gasteiger partial charge in [-0.2, -0.15) is 10.4 Å². The number of hydrogen-bond acceptors (Lipinski definition) is 4. The summed E-state index contributed by atoms with van der Waals surface area (Å²) >= 11 is 0. The van der Waals surface area contributed by atoms with Crippen LogP contribution in [0.1, 0.15) is 29.5 Å². The van der Waals surface area contributed by atoms with Crippen molar-refractivity contribution >= 4 is 0 Å². The molecule has 2 atom stereocenters. The number of ether oxygens (including phenoxy) is 1. The Morgan fingerprint density at radius 2 is 2.08 bits per heavy atom. The molecule has 1 saturated heterocycles. The second-order valence-corrected chi connectivity index (χ2v) is 6.48. The van der Waals surface area contributed by atoms with E-state index in [1.807, 2.05) is 49.1 Å². The largest absolute Gasteiger partial charge is 0.381 e. The van der Waals surface area contributed by atoms with Crippen LogP contribution in [-0.2, 0) is 18.3 Å². The Balaban J connectivity index is 1.69. The van der Waals surface area contributed by atoms with Gasteiger partial charge in [-0.1, -0.05) is 12.1 Å². The molecule has 126 valence electrons. The van der Waals surface area contributed by atoms with E-state index in [-0.39, 0.29) is 0 Å². The lowest BCUT2D eigenvalue weighted by molar-refractivity contribution is 0.107. The zero-order valence-electron chi connectivity index (χ0n) is 14.4. The highest BCUT2D eigenvalue weighted by molar-refractivity contribution is 5.31. The molecule has 1 aromatic carbocycles. The average molecular weight is 324 g/mol. The molecule has 1 aliphatic rings. The first-order chi connectivity index (χ1) is 11.7. The molecule has 0 spiro atoms. The molecule has 1 fully saturated rings. The van der Waals surface area contributed by atoms with E-state index < -0.39 is 0 Å². The Morgan fingerprint density at radius 3 is 2.71 bits per heavy atom. The summed E-state index contributed by atoms with van der Waals surface area (Å²) < 4.78 is 7.59. The van der Waals surface area contributed by atoms with E-state index in [4.69, 9.17) is 10.00 Å². The van der Waals surface area contributed by atoms with Crippen molar-refractivity contribution in [1.29, 1.82) is 5.26 Å². The maximum Gasteiger partial charge on any atom is 0.0991 e. The summed E-state index contributed by atoms with van der Waals surface area (Å²) in [5, 5.41) is 13.2. The monoisotopic (exact) mass is 324 g/mol. The van der Waals surface area contributed by atoms with Gasteiger partial charge in [0, 0.05) is 51.3 Å². The molecule has 0 aliphatic carbocycles. The summed E-state index contributed by atoms with van der Waals surface area (Å²) in [5.74, 6) is 0.955. The predicted molar refractivity (Wildman–Crippen MR) is 92.4 cm³/mol. The molecule has 2 aromatic rings. The van der Waals surface area contributed by atoms with Crippen molar-refractivity contribution in [3.8, 4) is 6.07 Å². The van der Waals surface area contributed by atoms with Gasteiger partial charge < -0.3 is 4.74 Å². The number of rotatable bonds is 6. The first-order valence-electron chi connectivity index (χ1n) is 8.47. The van der Waals surface area contributed by atoms with Gasteiger partial charge >= 0.3 is 0 Å². The van der Waals surface area contributed by atoms with Crippen LogP contribution in [0.25, 0.3) is 0 Å². The van der Waals surface area contributed by atoms with Crippen LogP contribution in [0.5, 0.6) is 0 Å². The van der Waals surface area contributed by atoms with E-state index in [0.717, 1.165) is 32.8 Å². The van der Waals surface area contributed by atoms with Gasteiger partial charge in [-0.25, -0.2) is 0 Å². The van der Waals surface area contributed by atoms with Crippen LogP contribution < -0.4 is 0 Å². The third-order valence-corrected chi connectivity index (χ3v) is 4.69. The average Bonchev–Trinajstić information content (AvgIpc) is 3.19. The molecular weight excluding hydrogens is 300 g/mol. The molecule has 3 rings (SSSR count). The van der Waals surface area contributed by atoms with Crippen molar-refractivity contribution in [3.63, 3.8) is 0 Å². The Hall–Kier alpha value is -2.16. The molecule has 0 unspecified atom stereocenters. The van der Waals surface area contributed by atoms with Crippen LogP contribution in [-0.4, -0.2) is 41.0 Å². The minimum Gasteiger partial charge on any atom is -0.381 e. The summed E-state index contributed by atoms with van der Waals surface area (Å²) in [4.78, 5) is 2.47. The highest BCUT2D eigenvalue weighted by atomic mass is 16.5. The lowest BCUT2D eigenvalue weighted by Gasteiger charge is -2.16. The zero-order chi connectivity index (χ0) is 16.9. The SMILES string of the molecule is CCOC[C@@H]1CN(Cc2ccc(C#N)cc2)C[C@H]1c1cnn(C)c1. The highest BCUT2D eigenvalue weighted by Gasteiger charge is 2.34. The molecule has 24 heavy (non-hydrogen) atoms. The molecule has 0 bridgehead atoms. The van der Waals surface area contributed by atoms with Crippen LogP contribution in [0.2, 0.25) is 0 Å². The van der Waals surface area contributed by atoms with Crippen molar-refractivity contribution in [2.45, 2.75) is 19.4 Å². The van der Waals surface area contributed by atoms with Crippen LogP contribution in [0.3, 0.4) is 0 Å². The summed E-state index contributed by atoms with van der Waals surface area (Å²) in [5.41, 5.74) is 3.25. The summed E-state index contributed by atoms with van der Waals surface area (Å²) in [6, 6.07) is 10.0. The number of aromatic nitrogens is 2. The maximum atomic E-state index is 8.91. The third kappa shape index (κ3) is 3.84. The normalized spacial score (nSPS) is 21.0. The third-order valence-electron chi connectivity index (χ3n) is 4.69. The maximum absolute atomic E-state index is 8.91. The number of likely N-dealkylation sites (tertiary alicyclic amines) is 1. The van der Waals surface area contributed by atoms with Crippen LogP contribution in [0.15, 0.2) is 36.7 Å². The Kier molecular flexibility index (Phi) is 5.29. The molecular formula is C19H24N4O. The predicted octanol–water partition coefficient (Wildman–Crippen LogP) is 2.54. The van der Waals surface area contributed by atoms with Gasteiger partial charge in [-0.05, 0) is 30.2 Å². The van der Waals surface area contributed by atoms with Crippen LogP contribution in [0.4, 0.5) is 0 Å². The van der Waals surface area contributed by atoms with Crippen molar-refractivity contribution < 1.29 is 4.74 Å². The summed E-state index contributed by atoms with van der Waals surface area (Å²) in [7, 11) is 1.96. The number of nitriles is 1. The lowest BCUT2D eigenvalue weighted by Crippen LogP contribution is -2.21. The number of nitrogens with zero attached hydrogens (tertiary/aromatic N) is 4. The fourth-order valence-corrected chi connectivity index (χ4v) is 3.48. The summed E-state index contributed by atoms with van der Waals surface area (Å²) in [6.07, 6.45) is 4.10. The number of hydrogen-bond donors (Lipinski definition) is 0. The minimum absolute atomic E-state index is 0.462. The second-order valence-electron chi connectivity index (χ2n) is 6.48.